The first-order valence-electron chi connectivity index (χ1n) is 15.8. The largest absolute Gasteiger partial charge is 0.489 e. The van der Waals surface area contributed by atoms with Gasteiger partial charge in [0.05, 0.1) is 34.4 Å². The third-order valence-electron chi connectivity index (χ3n) is 9.71. The Balaban J connectivity index is 1.17. The molecule has 4 aliphatic rings. The molecular formula is C34H32Cl2FN5O5. The summed E-state index contributed by atoms with van der Waals surface area (Å²) in [7, 11) is 0. The highest BCUT2D eigenvalue weighted by atomic mass is 35.5. The molecule has 2 atom stereocenters. The lowest BCUT2D eigenvalue weighted by molar-refractivity contribution is -0.123. The van der Waals surface area contributed by atoms with Crippen LogP contribution in [0.4, 0.5) is 4.39 Å². The Morgan fingerprint density at radius 1 is 1.17 bits per heavy atom. The summed E-state index contributed by atoms with van der Waals surface area (Å²) in [5.41, 5.74) is 5.11. The maximum Gasteiger partial charge on any atom is 0.251 e. The molecule has 1 aliphatic heterocycles. The molecule has 3 fully saturated rings. The third-order valence-corrected chi connectivity index (χ3v) is 10.6. The molecule has 0 saturated heterocycles. The van der Waals surface area contributed by atoms with Gasteiger partial charge in [-0.2, -0.15) is 5.10 Å². The van der Waals surface area contributed by atoms with Gasteiger partial charge in [0.1, 0.15) is 46.1 Å². The van der Waals surface area contributed by atoms with Gasteiger partial charge in [-0.3, -0.25) is 14.3 Å². The summed E-state index contributed by atoms with van der Waals surface area (Å²) in [5, 5.41) is 20.4. The molecule has 3 aliphatic carbocycles. The summed E-state index contributed by atoms with van der Waals surface area (Å²) < 4.78 is 28.3. The molecule has 4 N–H and O–H groups in total. The minimum Gasteiger partial charge on any atom is -0.489 e. The van der Waals surface area contributed by atoms with Gasteiger partial charge in [-0.05, 0) is 81.7 Å². The minimum absolute atomic E-state index is 0.0635. The second kappa shape index (κ2) is 10.8. The molecule has 3 saturated carbocycles. The summed E-state index contributed by atoms with van der Waals surface area (Å²) in [6.07, 6.45) is 7.51. The van der Waals surface area contributed by atoms with E-state index in [4.69, 9.17) is 48.5 Å². The van der Waals surface area contributed by atoms with E-state index >= 15 is 0 Å². The predicted octanol–water partition coefficient (Wildman–Crippen LogP) is 5.58. The molecule has 13 heteroatoms. The van der Waals surface area contributed by atoms with Crippen LogP contribution >= 0.6 is 23.2 Å². The van der Waals surface area contributed by atoms with Crippen LogP contribution in [0.1, 0.15) is 73.1 Å². The van der Waals surface area contributed by atoms with Gasteiger partial charge in [-0.1, -0.05) is 23.2 Å². The van der Waals surface area contributed by atoms with Crippen molar-refractivity contribution in [2.45, 2.75) is 68.6 Å². The van der Waals surface area contributed by atoms with Crippen LogP contribution in [0.25, 0.3) is 22.2 Å². The quantitative estimate of drug-likeness (QED) is 0.186. The Bertz CT molecular complexity index is 1990. The minimum atomic E-state index is -1.63. The Morgan fingerprint density at radius 2 is 1.94 bits per heavy atom. The molecule has 0 unspecified atom stereocenters. The van der Waals surface area contributed by atoms with Crippen molar-refractivity contribution in [1.82, 2.24) is 20.1 Å². The smallest absolute Gasteiger partial charge is 0.251 e. The number of pyridine rings is 1. The molecule has 2 aromatic heterocycles. The highest BCUT2D eigenvalue weighted by molar-refractivity contribution is 6.43. The van der Waals surface area contributed by atoms with Crippen molar-refractivity contribution in [3.05, 3.63) is 69.2 Å². The van der Waals surface area contributed by atoms with E-state index in [2.05, 4.69) is 5.32 Å². The Labute approximate surface area is 279 Å². The summed E-state index contributed by atoms with van der Waals surface area (Å²) in [6.45, 7) is 1.41. The van der Waals surface area contributed by atoms with Gasteiger partial charge in [0, 0.05) is 28.3 Å². The van der Waals surface area contributed by atoms with Crippen LogP contribution in [0.15, 0.2) is 36.5 Å². The maximum atomic E-state index is 14.3. The van der Waals surface area contributed by atoms with Crippen molar-refractivity contribution >= 4 is 45.9 Å². The summed E-state index contributed by atoms with van der Waals surface area (Å²) >= 11 is 12.7. The van der Waals surface area contributed by atoms with Gasteiger partial charge in [0.25, 0.3) is 5.91 Å². The van der Waals surface area contributed by atoms with Gasteiger partial charge in [-0.15, -0.1) is 0 Å². The third kappa shape index (κ3) is 5.19. The zero-order chi connectivity index (χ0) is 32.8. The monoisotopic (exact) mass is 679 g/mol. The number of ether oxygens (including phenoxy) is 2. The fraction of sp³-hybridized carbons (Fsp3) is 0.412. The lowest BCUT2D eigenvalue weighted by atomic mass is 9.81. The number of primary amides is 1. The van der Waals surface area contributed by atoms with E-state index in [-0.39, 0.29) is 57.9 Å². The van der Waals surface area contributed by atoms with E-state index in [0.29, 0.717) is 35.8 Å². The Hall–Kier alpha value is -3.93. The van der Waals surface area contributed by atoms with Gasteiger partial charge in [0.15, 0.2) is 0 Å². The predicted molar refractivity (Wildman–Crippen MR) is 172 cm³/mol. The number of carbonyl (C=O) groups excluding carboxylic acids is 2. The standard InChI is InChI=1S/C34H32Cl2FN5O5/c1-33(32(38)44)15-46-30-22(33)12-25(40-29(30)21-8-9-23(37)27(36)26(21)35)34(45,18-2-3-18)14-39-31(43)16-10-17-13-42(19-4-5-19)41-28(17)24(11-16)47-20-6-7-20/h8-13,18-20,45H,2-7,14-15H2,1H3,(H2,38,44)(H,39,43)/t33-,34+/m0/s1. The molecule has 0 spiro atoms. The van der Waals surface area contributed by atoms with E-state index in [1.807, 2.05) is 10.9 Å². The van der Waals surface area contributed by atoms with E-state index in [0.717, 1.165) is 42.7 Å². The fourth-order valence-corrected chi connectivity index (χ4v) is 6.66. The number of aromatic nitrogens is 3. The average Bonchev–Trinajstić information content (AvgIpc) is 3.93. The van der Waals surface area contributed by atoms with Gasteiger partial charge >= 0.3 is 0 Å². The number of hydrogen-bond acceptors (Lipinski definition) is 7. The van der Waals surface area contributed by atoms with Crippen LogP contribution < -0.4 is 20.5 Å². The number of carbonyl (C=O) groups is 2. The van der Waals surface area contributed by atoms with Crippen LogP contribution in [-0.4, -0.2) is 50.9 Å². The van der Waals surface area contributed by atoms with E-state index < -0.39 is 28.6 Å². The number of nitrogens with two attached hydrogens (primary N) is 1. The molecule has 47 heavy (non-hydrogen) atoms. The first kappa shape index (κ1) is 30.4. The molecule has 3 heterocycles. The number of fused-ring (bicyclic) bond motifs is 2. The zero-order valence-corrected chi connectivity index (χ0v) is 27.0. The SMILES string of the molecule is C[C@]1(C(N)=O)COc2c1cc([C@@](O)(CNC(=O)c1cc(OC3CC3)c3nn(C4CC4)cc3c1)C1CC1)nc2-c1ccc(F)c(Cl)c1Cl. The van der Waals surface area contributed by atoms with Crippen molar-refractivity contribution in [2.75, 3.05) is 13.2 Å². The normalized spacial score (nSPS) is 21.6. The number of nitrogens with zero attached hydrogens (tertiary/aromatic N) is 3. The van der Waals surface area contributed by atoms with Crippen molar-refractivity contribution < 1.29 is 28.6 Å². The van der Waals surface area contributed by atoms with Crippen LogP contribution in [0, 0.1) is 11.7 Å². The molecular weight excluding hydrogens is 648 g/mol. The molecule has 2 amide bonds. The lowest BCUT2D eigenvalue weighted by Crippen LogP contribution is -2.44. The van der Waals surface area contributed by atoms with Crippen molar-refractivity contribution in [3.8, 4) is 22.8 Å². The van der Waals surface area contributed by atoms with E-state index in [1.54, 1.807) is 25.1 Å². The van der Waals surface area contributed by atoms with E-state index in [9.17, 15) is 19.1 Å². The second-order valence-corrected chi connectivity index (χ2v) is 14.1. The maximum absolute atomic E-state index is 14.3. The number of halogens is 3. The van der Waals surface area contributed by atoms with Crippen LogP contribution in [-0.2, 0) is 15.8 Å². The van der Waals surface area contributed by atoms with Crippen molar-refractivity contribution in [2.24, 2.45) is 11.7 Å². The van der Waals surface area contributed by atoms with Crippen molar-refractivity contribution in [1.29, 1.82) is 0 Å². The topological polar surface area (TPSA) is 142 Å². The number of benzene rings is 2. The summed E-state index contributed by atoms with van der Waals surface area (Å²) in [5.74, 6) is -1.16. The molecule has 2 aromatic carbocycles. The second-order valence-electron chi connectivity index (χ2n) is 13.4. The van der Waals surface area contributed by atoms with Gasteiger partial charge in [0.2, 0.25) is 5.91 Å². The van der Waals surface area contributed by atoms with Crippen LogP contribution in [0.3, 0.4) is 0 Å². The summed E-state index contributed by atoms with van der Waals surface area (Å²) in [6, 6.07) is 8.05. The van der Waals surface area contributed by atoms with Gasteiger partial charge < -0.3 is 25.6 Å². The average molecular weight is 681 g/mol. The fourth-order valence-electron chi connectivity index (χ4n) is 6.26. The lowest BCUT2D eigenvalue weighted by Gasteiger charge is -2.30. The van der Waals surface area contributed by atoms with Crippen molar-refractivity contribution in [3.63, 3.8) is 0 Å². The highest BCUT2D eigenvalue weighted by Crippen LogP contribution is 2.51. The molecule has 8 rings (SSSR count). The van der Waals surface area contributed by atoms with E-state index in [1.165, 1.54) is 6.07 Å². The number of hydrogen-bond donors (Lipinski definition) is 3. The number of aliphatic hydroxyl groups is 1. The molecule has 0 radical (unpaired) electrons. The van der Waals surface area contributed by atoms with Crippen LogP contribution in [0.5, 0.6) is 11.5 Å². The molecule has 0 bridgehead atoms. The first-order chi connectivity index (χ1) is 22.5. The van der Waals surface area contributed by atoms with Gasteiger partial charge in [-0.25, -0.2) is 9.37 Å². The zero-order valence-electron chi connectivity index (χ0n) is 25.5. The number of amides is 2. The first-order valence-corrected chi connectivity index (χ1v) is 16.5. The number of nitrogens with one attached hydrogen (secondary N) is 1. The Kier molecular flexibility index (Phi) is 6.99. The molecule has 244 valence electrons. The van der Waals surface area contributed by atoms with Crippen LogP contribution in [0.2, 0.25) is 10.0 Å². The molecule has 10 nitrogen and oxygen atoms in total. The summed E-state index contributed by atoms with van der Waals surface area (Å²) in [4.78, 5) is 31.2. The molecule has 4 aromatic rings. The number of rotatable bonds is 10. The Morgan fingerprint density at radius 3 is 2.62 bits per heavy atom. The highest BCUT2D eigenvalue weighted by Gasteiger charge is 2.50.